The highest BCUT2D eigenvalue weighted by Crippen LogP contribution is 2.11. The van der Waals surface area contributed by atoms with Gasteiger partial charge in [0.05, 0.1) is 0 Å². The lowest BCUT2D eigenvalue weighted by Crippen LogP contribution is -2.21. The number of halogens is 4. The predicted molar refractivity (Wildman–Crippen MR) is 42.3 cm³/mol. The third kappa shape index (κ3) is 1.70. The zero-order chi connectivity index (χ0) is 9.30. The van der Waals surface area contributed by atoms with Gasteiger partial charge >= 0.3 is 19.3 Å². The Labute approximate surface area is 81.2 Å². The molecule has 0 bridgehead atoms. The zero-order valence-corrected chi connectivity index (χ0v) is 8.47. The van der Waals surface area contributed by atoms with E-state index in [1.54, 1.807) is 0 Å². The van der Waals surface area contributed by atoms with Gasteiger partial charge in [0.1, 0.15) is 17.5 Å². The Morgan fingerprint density at radius 2 is 1.83 bits per heavy atom. The molecule has 0 nitrogen and oxygen atoms in total. The zero-order valence-electron chi connectivity index (χ0n) is 6.30. The molecule has 1 aromatic rings. The SMILES string of the molecule is Cc1c(F)cc(F)[c]([Mg][Cl])c1F. The smallest absolute Gasteiger partial charge is 0.335 e. The molecule has 1 aromatic carbocycles. The molecule has 0 amide bonds. The Kier molecular flexibility index (Phi) is 3.26. The summed E-state index contributed by atoms with van der Waals surface area (Å²) in [6.45, 7) is 1.26. The Morgan fingerprint density at radius 1 is 1.25 bits per heavy atom. The van der Waals surface area contributed by atoms with Crippen molar-refractivity contribution in [2.75, 3.05) is 0 Å². The molecule has 0 aromatic heterocycles. The summed E-state index contributed by atoms with van der Waals surface area (Å²) in [5.41, 5.74) is -0.167. The molecule has 0 saturated carbocycles. The molecule has 0 aliphatic carbocycles. The number of benzene rings is 1. The van der Waals surface area contributed by atoms with Gasteiger partial charge in [0, 0.05) is 11.6 Å². The molecule has 0 spiro atoms. The fourth-order valence-electron chi connectivity index (χ4n) is 0.865. The summed E-state index contributed by atoms with van der Waals surface area (Å²) in [7, 11) is 5.40. The number of hydrogen-bond donors (Lipinski definition) is 0. The molecule has 0 N–H and O–H groups in total. The second-order valence-electron chi connectivity index (χ2n) is 2.39. The molecule has 0 radical (unpaired) electrons. The number of hydrogen-bond acceptors (Lipinski definition) is 0. The van der Waals surface area contributed by atoms with Crippen LogP contribution in [0.1, 0.15) is 5.56 Å². The van der Waals surface area contributed by atoms with Crippen LogP contribution in [-0.4, -0.2) is 19.3 Å². The van der Waals surface area contributed by atoms with Gasteiger partial charge in [-0.25, -0.2) is 13.2 Å². The van der Waals surface area contributed by atoms with Crippen molar-refractivity contribution in [3.8, 4) is 0 Å². The van der Waals surface area contributed by atoms with Crippen LogP contribution in [-0.2, 0) is 0 Å². The van der Waals surface area contributed by atoms with Crippen molar-refractivity contribution in [2.24, 2.45) is 0 Å². The first-order valence-electron chi connectivity index (χ1n) is 3.27. The van der Waals surface area contributed by atoms with Crippen molar-refractivity contribution < 1.29 is 13.2 Å². The lowest BCUT2D eigenvalue weighted by Gasteiger charge is -2.04. The maximum atomic E-state index is 13.0. The van der Waals surface area contributed by atoms with Crippen molar-refractivity contribution in [1.29, 1.82) is 0 Å². The van der Waals surface area contributed by atoms with Gasteiger partial charge in [-0.05, 0) is 6.92 Å². The number of rotatable bonds is 1. The van der Waals surface area contributed by atoms with Gasteiger partial charge in [0.25, 0.3) is 0 Å². The molecule has 1 rings (SSSR count). The van der Waals surface area contributed by atoms with E-state index in [2.05, 4.69) is 0 Å². The van der Waals surface area contributed by atoms with E-state index in [9.17, 15) is 13.2 Å². The summed E-state index contributed by atoms with van der Waals surface area (Å²) in [6.07, 6.45) is 0. The Balaban J connectivity index is 3.40. The Hall–Kier alpha value is 0.0662. The molecule has 0 saturated heterocycles. The van der Waals surface area contributed by atoms with Gasteiger partial charge < -0.3 is 9.07 Å². The average Bonchev–Trinajstić information content (AvgIpc) is 2.01. The van der Waals surface area contributed by atoms with E-state index in [0.717, 1.165) is 0 Å². The van der Waals surface area contributed by atoms with E-state index < -0.39 is 36.7 Å². The minimum atomic E-state index is -1.45. The van der Waals surface area contributed by atoms with Gasteiger partial charge in [-0.3, -0.25) is 0 Å². The molecule has 5 heteroatoms. The van der Waals surface area contributed by atoms with Gasteiger partial charge in [0.2, 0.25) is 0 Å². The molecular weight excluding hydrogens is 201 g/mol. The quantitative estimate of drug-likeness (QED) is 0.614. The van der Waals surface area contributed by atoms with E-state index in [1.165, 1.54) is 6.92 Å². The minimum absolute atomic E-state index is 0.143. The first-order valence-corrected chi connectivity index (χ1v) is 6.11. The fraction of sp³-hybridized carbons (Fsp3) is 0.143. The van der Waals surface area contributed by atoms with Crippen LogP contribution in [0.2, 0.25) is 0 Å². The predicted octanol–water partition coefficient (Wildman–Crippen LogP) is 1.90. The van der Waals surface area contributed by atoms with Crippen LogP contribution in [0.25, 0.3) is 0 Å². The van der Waals surface area contributed by atoms with Crippen LogP contribution in [0.5, 0.6) is 0 Å². The summed E-state index contributed by atoms with van der Waals surface area (Å²) in [5, 5.41) is 0. The van der Waals surface area contributed by atoms with Gasteiger partial charge in [-0.1, -0.05) is 3.69 Å². The van der Waals surface area contributed by atoms with Crippen LogP contribution < -0.4 is 3.69 Å². The third-order valence-corrected chi connectivity index (χ3v) is 3.35. The van der Waals surface area contributed by atoms with Gasteiger partial charge in [-0.15, -0.1) is 0 Å². The van der Waals surface area contributed by atoms with Crippen molar-refractivity contribution in [2.45, 2.75) is 6.92 Å². The summed E-state index contributed by atoms with van der Waals surface area (Å²) in [4.78, 5) is 0. The van der Waals surface area contributed by atoms with Crippen molar-refractivity contribution in [3.63, 3.8) is 0 Å². The second kappa shape index (κ2) is 3.85. The monoisotopic (exact) mass is 204 g/mol. The van der Waals surface area contributed by atoms with Crippen LogP contribution in [0, 0.1) is 24.4 Å². The first kappa shape index (κ1) is 10.1. The van der Waals surface area contributed by atoms with Crippen molar-refractivity contribution >= 4 is 32.0 Å². The van der Waals surface area contributed by atoms with E-state index in [-0.39, 0.29) is 9.26 Å². The molecule has 0 heterocycles. The first-order chi connectivity index (χ1) is 5.57. The lowest BCUT2D eigenvalue weighted by atomic mass is 10.2. The summed E-state index contributed by atoms with van der Waals surface area (Å²) < 4.78 is 38.3. The summed E-state index contributed by atoms with van der Waals surface area (Å²) in [6, 6.07) is 0.670. The standard InChI is InChI=1S/C7H4F3.ClH.Mg/c1-4-6(9)2-5(8)3-7(4)10;;/h2H,1H3;1H;/q;;+1/p-1. The molecule has 0 aliphatic rings. The van der Waals surface area contributed by atoms with E-state index in [1.807, 2.05) is 0 Å². The lowest BCUT2D eigenvalue weighted by molar-refractivity contribution is 0.542. The highest BCUT2D eigenvalue weighted by Gasteiger charge is 2.15. The fourth-order valence-corrected chi connectivity index (χ4v) is 2.21. The average molecular weight is 205 g/mol. The minimum Gasteiger partial charge on any atom is -0.335 e. The highest BCUT2D eigenvalue weighted by molar-refractivity contribution is 7.01. The van der Waals surface area contributed by atoms with Crippen LogP contribution in [0.3, 0.4) is 0 Å². The largest absolute Gasteiger partial charge is 0.547 e. The molecule has 0 aliphatic heterocycles. The van der Waals surface area contributed by atoms with Crippen molar-refractivity contribution in [3.05, 3.63) is 29.1 Å². The third-order valence-electron chi connectivity index (χ3n) is 1.63. The Morgan fingerprint density at radius 3 is 2.33 bits per heavy atom. The second-order valence-corrected chi connectivity index (χ2v) is 4.17. The van der Waals surface area contributed by atoms with Crippen molar-refractivity contribution in [1.82, 2.24) is 0 Å². The van der Waals surface area contributed by atoms with Crippen LogP contribution >= 0.6 is 9.07 Å². The Bertz CT molecular complexity index is 314. The normalized spacial score (nSPS) is 9.75. The maximum absolute atomic E-state index is 13.0. The van der Waals surface area contributed by atoms with E-state index in [0.29, 0.717) is 6.07 Å². The van der Waals surface area contributed by atoms with Crippen LogP contribution in [0.4, 0.5) is 13.2 Å². The van der Waals surface area contributed by atoms with E-state index >= 15 is 0 Å². The maximum Gasteiger partial charge on any atom is 0.547 e. The molecule has 0 fully saturated rings. The van der Waals surface area contributed by atoms with Gasteiger partial charge in [-0.2, -0.15) is 0 Å². The molecule has 0 unspecified atom stereocenters. The topological polar surface area (TPSA) is 0 Å². The highest BCUT2D eigenvalue weighted by atomic mass is 35.5. The summed E-state index contributed by atoms with van der Waals surface area (Å²) in [5.74, 6) is -2.58. The van der Waals surface area contributed by atoms with E-state index in [4.69, 9.17) is 9.07 Å². The van der Waals surface area contributed by atoms with Gasteiger partial charge in [0.15, 0.2) is 0 Å². The van der Waals surface area contributed by atoms with Crippen LogP contribution in [0.15, 0.2) is 6.07 Å². The molecule has 12 heavy (non-hydrogen) atoms. The molecule has 62 valence electrons. The molecule has 0 atom stereocenters. The molecular formula is C7H4ClF3Mg. The summed E-state index contributed by atoms with van der Waals surface area (Å²) >= 11 is -1.45.